The van der Waals surface area contributed by atoms with E-state index in [2.05, 4.69) is 27.2 Å². The third-order valence-electron chi connectivity index (χ3n) is 2.18. The van der Waals surface area contributed by atoms with Crippen molar-refractivity contribution in [2.45, 2.75) is 13.3 Å². The van der Waals surface area contributed by atoms with E-state index in [0.29, 0.717) is 0 Å². The zero-order valence-corrected chi connectivity index (χ0v) is 9.22. The van der Waals surface area contributed by atoms with E-state index in [-0.39, 0.29) is 0 Å². The first-order valence-electron chi connectivity index (χ1n) is 5.36. The summed E-state index contributed by atoms with van der Waals surface area (Å²) in [4.78, 5) is 12.5. The Morgan fingerprint density at radius 3 is 3.00 bits per heavy atom. The van der Waals surface area contributed by atoms with Crippen LogP contribution in [0.25, 0.3) is 11.3 Å². The molecule has 0 saturated heterocycles. The number of hydrogen-bond donors (Lipinski definition) is 1. The first-order valence-corrected chi connectivity index (χ1v) is 5.36. The van der Waals surface area contributed by atoms with Gasteiger partial charge in [-0.15, -0.1) is 0 Å². The number of aromatic nitrogens is 3. The number of rotatable bonds is 4. The number of hydrogen-bond acceptors (Lipinski definition) is 4. The molecule has 0 aliphatic carbocycles. The smallest absolute Gasteiger partial charge is 0.129 e. The number of nitrogens with one attached hydrogen (secondary N) is 1. The predicted octanol–water partition coefficient (Wildman–Crippen LogP) is 2.36. The van der Waals surface area contributed by atoms with Crippen molar-refractivity contribution in [1.82, 2.24) is 15.0 Å². The van der Waals surface area contributed by atoms with Crippen molar-refractivity contribution in [2.24, 2.45) is 0 Å². The Hall–Kier alpha value is -1.97. The van der Waals surface area contributed by atoms with E-state index in [1.54, 1.807) is 18.7 Å². The molecule has 0 spiro atoms. The Labute approximate surface area is 94.8 Å². The third kappa shape index (κ3) is 2.53. The van der Waals surface area contributed by atoms with E-state index in [1.807, 2.05) is 18.2 Å². The van der Waals surface area contributed by atoms with E-state index in [1.165, 1.54) is 0 Å². The summed E-state index contributed by atoms with van der Waals surface area (Å²) < 4.78 is 0. The van der Waals surface area contributed by atoms with Gasteiger partial charge in [0.1, 0.15) is 12.1 Å². The van der Waals surface area contributed by atoms with Crippen LogP contribution >= 0.6 is 0 Å². The summed E-state index contributed by atoms with van der Waals surface area (Å²) in [7, 11) is 0. The first kappa shape index (κ1) is 10.5. The second-order valence-corrected chi connectivity index (χ2v) is 3.46. The summed E-state index contributed by atoms with van der Waals surface area (Å²) in [5.74, 6) is 0.857. The molecule has 0 aliphatic rings. The van der Waals surface area contributed by atoms with Crippen molar-refractivity contribution in [3.63, 3.8) is 0 Å². The van der Waals surface area contributed by atoms with Crippen molar-refractivity contribution in [3.05, 3.63) is 36.9 Å². The van der Waals surface area contributed by atoms with Gasteiger partial charge in [0.05, 0.1) is 5.69 Å². The fourth-order valence-electron chi connectivity index (χ4n) is 1.38. The van der Waals surface area contributed by atoms with E-state index >= 15 is 0 Å². The number of pyridine rings is 1. The highest BCUT2D eigenvalue weighted by molar-refractivity contribution is 5.60. The lowest BCUT2D eigenvalue weighted by molar-refractivity contribution is 0.965. The molecular weight excluding hydrogens is 200 g/mol. The van der Waals surface area contributed by atoms with E-state index in [9.17, 15) is 0 Å². The molecule has 1 N–H and O–H groups in total. The van der Waals surface area contributed by atoms with E-state index in [0.717, 1.165) is 30.0 Å². The molecule has 2 aromatic heterocycles. The minimum absolute atomic E-state index is 0.857. The van der Waals surface area contributed by atoms with Gasteiger partial charge in [-0.1, -0.05) is 6.92 Å². The van der Waals surface area contributed by atoms with Gasteiger partial charge >= 0.3 is 0 Å². The lowest BCUT2D eigenvalue weighted by atomic mass is 10.2. The Kier molecular flexibility index (Phi) is 3.43. The largest absolute Gasteiger partial charge is 0.370 e. The van der Waals surface area contributed by atoms with Crippen LogP contribution in [0.3, 0.4) is 0 Å². The van der Waals surface area contributed by atoms with E-state index < -0.39 is 0 Å². The number of anilines is 1. The van der Waals surface area contributed by atoms with Gasteiger partial charge in [0.25, 0.3) is 0 Å². The second-order valence-electron chi connectivity index (χ2n) is 3.46. The van der Waals surface area contributed by atoms with Crippen LogP contribution in [0.15, 0.2) is 36.9 Å². The molecule has 4 heteroatoms. The molecule has 0 unspecified atom stereocenters. The molecule has 0 amide bonds. The van der Waals surface area contributed by atoms with Crippen molar-refractivity contribution < 1.29 is 0 Å². The van der Waals surface area contributed by atoms with Crippen LogP contribution in [0.1, 0.15) is 13.3 Å². The molecular formula is C12H14N4. The Morgan fingerprint density at radius 1 is 1.31 bits per heavy atom. The summed E-state index contributed by atoms with van der Waals surface area (Å²) in [6, 6.07) is 5.82. The molecule has 0 radical (unpaired) electrons. The summed E-state index contributed by atoms with van der Waals surface area (Å²) in [5, 5.41) is 3.23. The van der Waals surface area contributed by atoms with Crippen LogP contribution in [0.4, 0.5) is 5.82 Å². The SMILES string of the molecule is CCCNc1cc(-c2cccnc2)ncn1. The van der Waals surface area contributed by atoms with Crippen molar-refractivity contribution in [1.29, 1.82) is 0 Å². The van der Waals surface area contributed by atoms with Gasteiger partial charge in [-0.25, -0.2) is 9.97 Å². The fraction of sp³-hybridized carbons (Fsp3) is 0.250. The summed E-state index contributed by atoms with van der Waals surface area (Å²) in [6.07, 6.45) is 6.19. The maximum atomic E-state index is 4.23. The third-order valence-corrected chi connectivity index (χ3v) is 2.18. The van der Waals surface area contributed by atoms with Crippen LogP contribution in [0, 0.1) is 0 Å². The Balaban J connectivity index is 2.22. The van der Waals surface area contributed by atoms with Crippen LogP contribution < -0.4 is 5.32 Å². The van der Waals surface area contributed by atoms with Gasteiger partial charge in [-0.2, -0.15) is 0 Å². The molecule has 2 rings (SSSR count). The Morgan fingerprint density at radius 2 is 2.25 bits per heavy atom. The van der Waals surface area contributed by atoms with Crippen LogP contribution in [0.2, 0.25) is 0 Å². The average Bonchev–Trinajstić information content (AvgIpc) is 2.38. The normalized spacial score (nSPS) is 10.1. The highest BCUT2D eigenvalue weighted by atomic mass is 15.0. The molecule has 0 atom stereocenters. The molecule has 0 fully saturated rings. The van der Waals surface area contributed by atoms with Crippen LogP contribution in [-0.4, -0.2) is 21.5 Å². The number of nitrogens with zero attached hydrogens (tertiary/aromatic N) is 3. The zero-order valence-electron chi connectivity index (χ0n) is 9.22. The predicted molar refractivity (Wildman–Crippen MR) is 64.0 cm³/mol. The van der Waals surface area contributed by atoms with Gasteiger partial charge in [-0.05, 0) is 18.6 Å². The fourth-order valence-corrected chi connectivity index (χ4v) is 1.38. The summed E-state index contributed by atoms with van der Waals surface area (Å²) in [5.41, 5.74) is 1.89. The summed E-state index contributed by atoms with van der Waals surface area (Å²) >= 11 is 0. The quantitative estimate of drug-likeness (QED) is 0.848. The maximum Gasteiger partial charge on any atom is 0.129 e. The standard InChI is InChI=1S/C12H14N4/c1-2-5-14-12-7-11(15-9-16-12)10-4-3-6-13-8-10/h3-4,6-9H,2,5H2,1H3,(H,14,15,16). The molecule has 0 saturated carbocycles. The lowest BCUT2D eigenvalue weighted by Gasteiger charge is -2.05. The highest BCUT2D eigenvalue weighted by Crippen LogP contribution is 2.16. The Bertz CT molecular complexity index is 442. The van der Waals surface area contributed by atoms with Gasteiger partial charge in [0.2, 0.25) is 0 Å². The van der Waals surface area contributed by atoms with Crippen molar-refractivity contribution in [3.8, 4) is 11.3 Å². The van der Waals surface area contributed by atoms with E-state index in [4.69, 9.17) is 0 Å². The molecule has 2 heterocycles. The highest BCUT2D eigenvalue weighted by Gasteiger charge is 2.00. The molecule has 2 aromatic rings. The van der Waals surface area contributed by atoms with Crippen LogP contribution in [0.5, 0.6) is 0 Å². The van der Waals surface area contributed by atoms with Gasteiger partial charge in [0.15, 0.2) is 0 Å². The monoisotopic (exact) mass is 214 g/mol. The molecule has 82 valence electrons. The second kappa shape index (κ2) is 5.21. The molecule has 4 nitrogen and oxygen atoms in total. The van der Waals surface area contributed by atoms with Gasteiger partial charge in [-0.3, -0.25) is 4.98 Å². The summed E-state index contributed by atoms with van der Waals surface area (Å²) in [6.45, 7) is 3.04. The lowest BCUT2D eigenvalue weighted by Crippen LogP contribution is -2.02. The molecule has 0 aliphatic heterocycles. The van der Waals surface area contributed by atoms with Gasteiger partial charge < -0.3 is 5.32 Å². The minimum atomic E-state index is 0.857. The zero-order chi connectivity index (χ0) is 11.2. The van der Waals surface area contributed by atoms with Crippen molar-refractivity contribution in [2.75, 3.05) is 11.9 Å². The average molecular weight is 214 g/mol. The first-order chi connectivity index (χ1) is 7.90. The van der Waals surface area contributed by atoms with Crippen molar-refractivity contribution >= 4 is 5.82 Å². The van der Waals surface area contributed by atoms with Gasteiger partial charge in [0, 0.05) is 30.6 Å². The molecule has 0 aromatic carbocycles. The minimum Gasteiger partial charge on any atom is -0.370 e. The van der Waals surface area contributed by atoms with Crippen LogP contribution in [-0.2, 0) is 0 Å². The topological polar surface area (TPSA) is 50.7 Å². The maximum absolute atomic E-state index is 4.23. The molecule has 16 heavy (non-hydrogen) atoms. The molecule has 0 bridgehead atoms.